The van der Waals surface area contributed by atoms with Crippen LogP contribution >= 0.6 is 0 Å². The Morgan fingerprint density at radius 1 is 0.950 bits per heavy atom. The Labute approximate surface area is 119 Å². The second-order valence-electron chi connectivity index (χ2n) is 5.09. The van der Waals surface area contributed by atoms with Gasteiger partial charge in [0.25, 0.3) is 0 Å². The monoisotopic (exact) mass is 263 g/mol. The lowest BCUT2D eigenvalue weighted by Gasteiger charge is -2.44. The van der Waals surface area contributed by atoms with Gasteiger partial charge >= 0.3 is 0 Å². The zero-order valence-electron chi connectivity index (χ0n) is 11.4. The van der Waals surface area contributed by atoms with Crippen LogP contribution in [-0.2, 0) is 4.79 Å². The number of rotatable bonds is 3. The van der Waals surface area contributed by atoms with Crippen molar-refractivity contribution in [2.75, 3.05) is 4.90 Å². The number of hydrogen-bond donors (Lipinski definition) is 0. The van der Waals surface area contributed by atoms with Crippen molar-refractivity contribution in [2.45, 2.75) is 13.0 Å². The van der Waals surface area contributed by atoms with E-state index in [1.807, 2.05) is 60.4 Å². The van der Waals surface area contributed by atoms with Gasteiger partial charge in [-0.2, -0.15) is 0 Å². The lowest BCUT2D eigenvalue weighted by molar-refractivity contribution is -0.128. The molecule has 2 nitrogen and oxygen atoms in total. The molecule has 100 valence electrons. The van der Waals surface area contributed by atoms with Gasteiger partial charge in [-0.3, -0.25) is 4.79 Å². The van der Waals surface area contributed by atoms with Crippen molar-refractivity contribution in [3.05, 3.63) is 72.3 Å². The van der Waals surface area contributed by atoms with E-state index in [1.165, 1.54) is 0 Å². The summed E-state index contributed by atoms with van der Waals surface area (Å²) in [6.07, 6.45) is 4.21. The van der Waals surface area contributed by atoms with Gasteiger partial charge in [-0.15, -0.1) is 0 Å². The summed E-state index contributed by atoms with van der Waals surface area (Å²) in [6.45, 7) is 1.99. The minimum absolute atomic E-state index is 0.0511. The molecule has 0 aliphatic carbocycles. The number of β-lactam (4-membered cyclic amide) rings is 1. The number of carbonyl (C=O) groups excluding carboxylic acids is 1. The van der Waals surface area contributed by atoms with Crippen LogP contribution in [0, 0.1) is 5.92 Å². The third-order valence-corrected chi connectivity index (χ3v) is 3.76. The molecule has 0 radical (unpaired) electrons. The third kappa shape index (κ3) is 2.25. The van der Waals surface area contributed by atoms with Crippen LogP contribution in [0.3, 0.4) is 0 Å². The zero-order chi connectivity index (χ0) is 13.9. The van der Waals surface area contributed by atoms with Crippen LogP contribution in [0.25, 0.3) is 6.08 Å². The second kappa shape index (κ2) is 5.33. The Morgan fingerprint density at radius 3 is 2.20 bits per heavy atom. The normalized spacial score (nSPS) is 22.1. The Bertz CT molecular complexity index is 618. The Hall–Kier alpha value is -2.35. The van der Waals surface area contributed by atoms with E-state index in [-0.39, 0.29) is 17.9 Å². The topological polar surface area (TPSA) is 20.3 Å². The number of nitrogens with zero attached hydrogens (tertiary/aromatic N) is 1. The highest BCUT2D eigenvalue weighted by atomic mass is 16.2. The lowest BCUT2D eigenvalue weighted by Crippen LogP contribution is -2.59. The molecule has 1 amide bonds. The molecule has 0 saturated carbocycles. The highest BCUT2D eigenvalue weighted by molar-refractivity contribution is 6.03. The van der Waals surface area contributed by atoms with Crippen LogP contribution in [0.5, 0.6) is 0 Å². The van der Waals surface area contributed by atoms with Gasteiger partial charge in [0.2, 0.25) is 5.91 Å². The Kier molecular flexibility index (Phi) is 3.38. The lowest BCUT2D eigenvalue weighted by atomic mass is 9.87. The minimum Gasteiger partial charge on any atom is -0.304 e. The second-order valence-corrected chi connectivity index (χ2v) is 5.09. The number of carbonyl (C=O) groups is 1. The van der Waals surface area contributed by atoms with E-state index in [0.29, 0.717) is 0 Å². The minimum atomic E-state index is 0.0511. The molecular weight excluding hydrogens is 246 g/mol. The summed E-state index contributed by atoms with van der Waals surface area (Å²) in [4.78, 5) is 13.9. The maximum absolute atomic E-state index is 12.1. The number of amides is 1. The summed E-state index contributed by atoms with van der Waals surface area (Å²) in [5.41, 5.74) is 2.13. The molecule has 0 N–H and O–H groups in total. The number of hydrogen-bond acceptors (Lipinski definition) is 1. The van der Waals surface area contributed by atoms with E-state index >= 15 is 0 Å². The van der Waals surface area contributed by atoms with Crippen LogP contribution in [0.4, 0.5) is 5.69 Å². The fourth-order valence-corrected chi connectivity index (χ4v) is 2.57. The highest BCUT2D eigenvalue weighted by Crippen LogP contribution is 2.33. The molecule has 2 aromatic rings. The molecule has 2 aromatic carbocycles. The van der Waals surface area contributed by atoms with Crippen molar-refractivity contribution < 1.29 is 4.79 Å². The first kappa shape index (κ1) is 12.7. The molecule has 1 heterocycles. The fourth-order valence-electron chi connectivity index (χ4n) is 2.57. The molecule has 0 spiro atoms. The van der Waals surface area contributed by atoms with Crippen LogP contribution in [0.1, 0.15) is 12.5 Å². The van der Waals surface area contributed by atoms with Crippen LogP contribution in [-0.4, -0.2) is 11.9 Å². The van der Waals surface area contributed by atoms with Crippen LogP contribution in [0.2, 0.25) is 0 Å². The molecule has 0 aromatic heterocycles. The molecule has 2 atom stereocenters. The van der Waals surface area contributed by atoms with Gasteiger partial charge in [0.05, 0.1) is 12.0 Å². The van der Waals surface area contributed by atoms with Crippen molar-refractivity contribution >= 4 is 17.7 Å². The molecule has 2 heteroatoms. The number of para-hydroxylation sites is 1. The molecule has 1 aliphatic heterocycles. The average molecular weight is 263 g/mol. The van der Waals surface area contributed by atoms with E-state index in [4.69, 9.17) is 0 Å². The standard InChI is InChI=1S/C18H17NO/c1-14-17(13-12-15-8-4-2-5-9-15)19(18(14)20)16-10-6-3-7-11-16/h2-14,17H,1H3/t14-,17-/m0/s1. The van der Waals surface area contributed by atoms with Gasteiger partial charge in [0, 0.05) is 5.69 Å². The molecule has 1 saturated heterocycles. The maximum atomic E-state index is 12.1. The van der Waals surface area contributed by atoms with Gasteiger partial charge in [0.1, 0.15) is 0 Å². The van der Waals surface area contributed by atoms with Crippen molar-refractivity contribution in [3.8, 4) is 0 Å². The smallest absolute Gasteiger partial charge is 0.232 e. The van der Waals surface area contributed by atoms with E-state index in [0.717, 1.165) is 11.3 Å². The summed E-state index contributed by atoms with van der Waals surface area (Å²) >= 11 is 0. The van der Waals surface area contributed by atoms with Gasteiger partial charge < -0.3 is 4.90 Å². The predicted molar refractivity (Wildman–Crippen MR) is 82.4 cm³/mol. The highest BCUT2D eigenvalue weighted by Gasteiger charge is 2.43. The molecule has 1 fully saturated rings. The summed E-state index contributed by atoms with van der Waals surface area (Å²) in [7, 11) is 0. The summed E-state index contributed by atoms with van der Waals surface area (Å²) < 4.78 is 0. The van der Waals surface area contributed by atoms with Crippen molar-refractivity contribution in [1.82, 2.24) is 0 Å². The van der Waals surface area contributed by atoms with Gasteiger partial charge in [-0.05, 0) is 17.7 Å². The first-order chi connectivity index (χ1) is 9.77. The number of anilines is 1. The molecule has 20 heavy (non-hydrogen) atoms. The maximum Gasteiger partial charge on any atom is 0.232 e. The first-order valence-electron chi connectivity index (χ1n) is 6.89. The van der Waals surface area contributed by atoms with Gasteiger partial charge in [-0.25, -0.2) is 0 Å². The number of benzene rings is 2. The molecule has 3 rings (SSSR count). The van der Waals surface area contributed by atoms with E-state index in [9.17, 15) is 4.79 Å². The largest absolute Gasteiger partial charge is 0.304 e. The molecular formula is C18H17NO. The zero-order valence-corrected chi connectivity index (χ0v) is 11.4. The molecule has 0 bridgehead atoms. The van der Waals surface area contributed by atoms with Gasteiger partial charge in [0.15, 0.2) is 0 Å². The van der Waals surface area contributed by atoms with Crippen molar-refractivity contribution in [1.29, 1.82) is 0 Å². The first-order valence-corrected chi connectivity index (χ1v) is 6.89. The van der Waals surface area contributed by atoms with Crippen LogP contribution < -0.4 is 4.90 Å². The molecule has 0 unspecified atom stereocenters. The molecule has 1 aliphatic rings. The summed E-state index contributed by atoms with van der Waals surface area (Å²) in [6, 6.07) is 20.2. The van der Waals surface area contributed by atoms with E-state index in [1.54, 1.807) is 0 Å². The Morgan fingerprint density at radius 2 is 1.55 bits per heavy atom. The van der Waals surface area contributed by atoms with Crippen molar-refractivity contribution in [2.24, 2.45) is 5.92 Å². The third-order valence-electron chi connectivity index (χ3n) is 3.76. The summed E-state index contributed by atoms with van der Waals surface area (Å²) in [5.74, 6) is 0.245. The fraction of sp³-hybridized carbons (Fsp3) is 0.167. The predicted octanol–water partition coefficient (Wildman–Crippen LogP) is 3.75. The van der Waals surface area contributed by atoms with E-state index < -0.39 is 0 Å². The summed E-state index contributed by atoms with van der Waals surface area (Å²) in [5, 5.41) is 0. The van der Waals surface area contributed by atoms with Crippen molar-refractivity contribution in [3.63, 3.8) is 0 Å². The van der Waals surface area contributed by atoms with E-state index in [2.05, 4.69) is 24.3 Å². The Balaban J connectivity index is 1.82. The van der Waals surface area contributed by atoms with Gasteiger partial charge in [-0.1, -0.05) is 67.6 Å². The quantitative estimate of drug-likeness (QED) is 0.772. The SMILES string of the molecule is C[C@@H]1C(=O)N(c2ccccc2)[C@H]1C=Cc1ccccc1. The average Bonchev–Trinajstić information content (AvgIpc) is 2.52. The van der Waals surface area contributed by atoms with Crippen LogP contribution in [0.15, 0.2) is 66.7 Å².